The Hall–Kier alpha value is -1.26. The van der Waals surface area contributed by atoms with E-state index in [1.54, 1.807) is 4.90 Å². The van der Waals surface area contributed by atoms with Crippen molar-refractivity contribution in [3.8, 4) is 0 Å². The summed E-state index contributed by atoms with van der Waals surface area (Å²) < 4.78 is 0. The van der Waals surface area contributed by atoms with Gasteiger partial charge in [-0.2, -0.15) is 0 Å². The number of likely N-dealkylation sites (tertiary alicyclic amines) is 1. The number of benzene rings is 1. The normalized spacial score (nSPS) is 16.9. The van der Waals surface area contributed by atoms with Gasteiger partial charge < -0.3 is 15.3 Å². The number of aliphatic hydroxyl groups excluding tert-OH is 1. The third kappa shape index (κ3) is 3.61. The molecule has 19 heavy (non-hydrogen) atoms. The first-order chi connectivity index (χ1) is 9.10. The monoisotopic (exact) mass is 282 g/mol. The fourth-order valence-electron chi connectivity index (χ4n) is 2.08. The molecule has 2 rings (SSSR count). The van der Waals surface area contributed by atoms with E-state index in [9.17, 15) is 9.90 Å². The largest absolute Gasteiger partial charge is 0.391 e. The predicted octanol–water partition coefficient (Wildman–Crippen LogP) is 2.22. The number of nitrogens with one attached hydrogen (secondary N) is 1. The van der Waals surface area contributed by atoms with Gasteiger partial charge in [-0.1, -0.05) is 30.7 Å². The number of amides is 2. The Morgan fingerprint density at radius 1 is 1.58 bits per heavy atom. The molecular formula is C14H19ClN2O2. The molecule has 1 heterocycles. The summed E-state index contributed by atoms with van der Waals surface area (Å²) in [7, 11) is 0. The number of urea groups is 1. The number of rotatable bonds is 4. The van der Waals surface area contributed by atoms with Gasteiger partial charge >= 0.3 is 6.03 Å². The van der Waals surface area contributed by atoms with Gasteiger partial charge in [0.2, 0.25) is 0 Å². The van der Waals surface area contributed by atoms with Crippen molar-refractivity contribution in [3.63, 3.8) is 0 Å². The smallest absolute Gasteiger partial charge is 0.317 e. The van der Waals surface area contributed by atoms with E-state index in [0.29, 0.717) is 32.0 Å². The summed E-state index contributed by atoms with van der Waals surface area (Å²) in [6.45, 7) is 3.60. The summed E-state index contributed by atoms with van der Waals surface area (Å²) in [6, 6.07) is 7.65. The van der Waals surface area contributed by atoms with Crippen LogP contribution in [0, 0.1) is 0 Å². The Bertz CT molecular complexity index is 447. The molecule has 1 saturated heterocycles. The minimum atomic E-state index is -0.464. The minimum Gasteiger partial charge on any atom is -0.391 e. The van der Waals surface area contributed by atoms with E-state index in [1.807, 2.05) is 31.2 Å². The standard InChI is InChI=1S/C14H19ClN2O2/c1-2-13(18)7-16-14(19)17-8-11(9-17)10-4-3-5-12(15)6-10/h3-6,11,13,18H,2,7-9H2,1H3,(H,16,19). The Labute approximate surface area is 118 Å². The van der Waals surface area contributed by atoms with Crippen LogP contribution < -0.4 is 5.32 Å². The van der Waals surface area contributed by atoms with Crippen molar-refractivity contribution >= 4 is 17.6 Å². The van der Waals surface area contributed by atoms with Gasteiger partial charge in [0.15, 0.2) is 0 Å². The van der Waals surface area contributed by atoms with Crippen molar-refractivity contribution in [1.82, 2.24) is 10.2 Å². The molecule has 1 aliphatic heterocycles. The molecule has 104 valence electrons. The van der Waals surface area contributed by atoms with Gasteiger partial charge in [-0.05, 0) is 24.1 Å². The van der Waals surface area contributed by atoms with Crippen LogP contribution in [0.15, 0.2) is 24.3 Å². The van der Waals surface area contributed by atoms with Gasteiger partial charge in [0.25, 0.3) is 0 Å². The molecule has 0 aromatic heterocycles. The van der Waals surface area contributed by atoms with Gasteiger partial charge in [0, 0.05) is 30.6 Å². The molecule has 4 nitrogen and oxygen atoms in total. The fraction of sp³-hybridized carbons (Fsp3) is 0.500. The third-order valence-corrected chi connectivity index (χ3v) is 3.68. The summed E-state index contributed by atoms with van der Waals surface area (Å²) >= 11 is 5.95. The number of carbonyl (C=O) groups is 1. The molecule has 1 aromatic rings. The molecule has 2 amide bonds. The molecule has 1 aromatic carbocycles. The number of hydrogen-bond donors (Lipinski definition) is 2. The first-order valence-electron chi connectivity index (χ1n) is 6.56. The number of nitrogens with zero attached hydrogens (tertiary/aromatic N) is 1. The van der Waals surface area contributed by atoms with Crippen LogP contribution in [0.4, 0.5) is 4.79 Å². The minimum absolute atomic E-state index is 0.106. The maximum Gasteiger partial charge on any atom is 0.317 e. The highest BCUT2D eigenvalue weighted by atomic mass is 35.5. The highest BCUT2D eigenvalue weighted by Crippen LogP contribution is 2.28. The molecule has 5 heteroatoms. The first kappa shape index (κ1) is 14.2. The zero-order valence-electron chi connectivity index (χ0n) is 11.0. The third-order valence-electron chi connectivity index (χ3n) is 3.45. The van der Waals surface area contributed by atoms with E-state index < -0.39 is 6.10 Å². The van der Waals surface area contributed by atoms with Crippen LogP contribution in [-0.2, 0) is 0 Å². The topological polar surface area (TPSA) is 52.6 Å². The molecule has 0 spiro atoms. The predicted molar refractivity (Wildman–Crippen MR) is 75.5 cm³/mol. The maximum absolute atomic E-state index is 11.8. The van der Waals surface area contributed by atoms with Crippen LogP contribution in [0.3, 0.4) is 0 Å². The lowest BCUT2D eigenvalue weighted by Gasteiger charge is -2.39. The van der Waals surface area contributed by atoms with Crippen molar-refractivity contribution in [2.45, 2.75) is 25.4 Å². The molecule has 1 unspecified atom stereocenters. The Morgan fingerprint density at radius 2 is 2.32 bits per heavy atom. The highest BCUT2D eigenvalue weighted by molar-refractivity contribution is 6.30. The lowest BCUT2D eigenvalue weighted by Crippen LogP contribution is -2.53. The van der Waals surface area contributed by atoms with Crippen molar-refractivity contribution in [2.24, 2.45) is 0 Å². The van der Waals surface area contributed by atoms with Crippen molar-refractivity contribution in [3.05, 3.63) is 34.9 Å². The summed E-state index contributed by atoms with van der Waals surface area (Å²) in [5, 5.41) is 12.8. The number of carbonyl (C=O) groups excluding carboxylic acids is 1. The van der Waals surface area contributed by atoms with Gasteiger partial charge in [0.1, 0.15) is 0 Å². The van der Waals surface area contributed by atoms with Crippen LogP contribution in [0.2, 0.25) is 5.02 Å². The van der Waals surface area contributed by atoms with E-state index in [4.69, 9.17) is 11.6 Å². The molecule has 0 saturated carbocycles. The second-order valence-corrected chi connectivity index (χ2v) is 5.34. The zero-order chi connectivity index (χ0) is 13.8. The maximum atomic E-state index is 11.8. The molecule has 1 fully saturated rings. The second-order valence-electron chi connectivity index (χ2n) is 4.91. The van der Waals surface area contributed by atoms with Gasteiger partial charge in [-0.3, -0.25) is 0 Å². The molecule has 0 radical (unpaired) electrons. The first-order valence-corrected chi connectivity index (χ1v) is 6.94. The highest BCUT2D eigenvalue weighted by Gasteiger charge is 2.31. The molecule has 0 bridgehead atoms. The van der Waals surface area contributed by atoms with Crippen molar-refractivity contribution < 1.29 is 9.90 Å². The lowest BCUT2D eigenvalue weighted by atomic mass is 9.92. The Morgan fingerprint density at radius 3 is 2.95 bits per heavy atom. The zero-order valence-corrected chi connectivity index (χ0v) is 11.7. The number of hydrogen-bond acceptors (Lipinski definition) is 2. The quantitative estimate of drug-likeness (QED) is 0.890. The molecule has 2 N–H and O–H groups in total. The molecule has 0 aliphatic carbocycles. The SMILES string of the molecule is CCC(O)CNC(=O)N1CC(c2cccc(Cl)c2)C1. The van der Waals surface area contributed by atoms with E-state index in [0.717, 1.165) is 5.02 Å². The van der Waals surface area contributed by atoms with Crippen molar-refractivity contribution in [2.75, 3.05) is 19.6 Å². The van der Waals surface area contributed by atoms with Gasteiger partial charge in [-0.25, -0.2) is 4.79 Å². The van der Waals surface area contributed by atoms with Crippen LogP contribution >= 0.6 is 11.6 Å². The summed E-state index contributed by atoms with van der Waals surface area (Å²) in [5.41, 5.74) is 1.17. The number of aliphatic hydroxyl groups is 1. The summed E-state index contributed by atoms with van der Waals surface area (Å²) in [4.78, 5) is 13.5. The number of halogens is 1. The van der Waals surface area contributed by atoms with E-state index in [1.165, 1.54) is 5.56 Å². The average Bonchev–Trinajstić information content (AvgIpc) is 2.34. The summed E-state index contributed by atoms with van der Waals surface area (Å²) in [6.07, 6.45) is 0.180. The average molecular weight is 283 g/mol. The van der Waals surface area contributed by atoms with Gasteiger partial charge in [-0.15, -0.1) is 0 Å². The Balaban J connectivity index is 1.78. The van der Waals surface area contributed by atoms with Gasteiger partial charge in [0.05, 0.1) is 6.10 Å². The Kier molecular flexibility index (Phi) is 4.66. The fourth-order valence-corrected chi connectivity index (χ4v) is 2.28. The van der Waals surface area contributed by atoms with E-state index in [-0.39, 0.29) is 6.03 Å². The summed E-state index contributed by atoms with van der Waals surface area (Å²) in [5.74, 6) is 0.362. The second kappa shape index (κ2) is 6.26. The van der Waals surface area contributed by atoms with Crippen LogP contribution in [0.25, 0.3) is 0 Å². The molecule has 1 aliphatic rings. The molecule has 1 atom stereocenters. The van der Waals surface area contributed by atoms with E-state index >= 15 is 0 Å². The van der Waals surface area contributed by atoms with Crippen molar-refractivity contribution in [1.29, 1.82) is 0 Å². The van der Waals surface area contributed by atoms with E-state index in [2.05, 4.69) is 5.32 Å². The van der Waals surface area contributed by atoms with Crippen LogP contribution in [0.1, 0.15) is 24.8 Å². The molecular weight excluding hydrogens is 264 g/mol. The lowest BCUT2D eigenvalue weighted by molar-refractivity contribution is 0.135. The van der Waals surface area contributed by atoms with Crippen LogP contribution in [0.5, 0.6) is 0 Å². The van der Waals surface area contributed by atoms with Crippen LogP contribution in [-0.4, -0.2) is 41.8 Å².